The number of quaternary nitrogens is 1. The van der Waals surface area contributed by atoms with Gasteiger partial charge in [-0.15, -0.1) is 0 Å². The van der Waals surface area contributed by atoms with Gasteiger partial charge in [0.15, 0.2) is 0 Å². The molecule has 2 N–H and O–H groups in total. The lowest BCUT2D eigenvalue weighted by molar-refractivity contribution is -0.890. The molecule has 3 nitrogen and oxygen atoms in total. The number of hydrogen-bond donors (Lipinski definition) is 1. The summed E-state index contributed by atoms with van der Waals surface area (Å²) in [6.45, 7) is 4.06. The normalized spacial score (nSPS) is 21.8. The molecule has 0 aromatic heterocycles. The van der Waals surface area contributed by atoms with Gasteiger partial charge in [-0.05, 0) is 6.54 Å². The summed E-state index contributed by atoms with van der Waals surface area (Å²) in [6.07, 6.45) is 1.64. The van der Waals surface area contributed by atoms with E-state index in [-0.39, 0.29) is 12.4 Å². The quantitative estimate of drug-likeness (QED) is 0.370. The van der Waals surface area contributed by atoms with Gasteiger partial charge in [-0.1, -0.05) is 0 Å². The predicted molar refractivity (Wildman–Crippen MR) is 45.3 cm³/mol. The Morgan fingerprint density at radius 2 is 2.08 bits per heavy atom. The lowest BCUT2D eigenvalue weighted by Crippen LogP contribution is -3.00. The monoisotopic (exact) mass is 194 g/mol. The van der Waals surface area contributed by atoms with Crippen LogP contribution >= 0.6 is 0 Å². The minimum atomic E-state index is 0. The van der Waals surface area contributed by atoms with Crippen molar-refractivity contribution in [2.45, 2.75) is 12.5 Å². The third kappa shape index (κ3) is 4.93. The number of nitrogens with two attached hydrogens (primary N) is 1. The molecule has 1 heterocycles. The maximum Gasteiger partial charge on any atom is 0.130 e. The van der Waals surface area contributed by atoms with E-state index in [0.29, 0.717) is 6.10 Å². The van der Waals surface area contributed by atoms with Crippen LogP contribution < -0.4 is 18.1 Å². The lowest BCUT2D eigenvalue weighted by Gasteiger charge is -2.28. The Bertz CT molecular complexity index is 126. The summed E-state index contributed by atoms with van der Waals surface area (Å²) < 4.78 is 6.22. The third-order valence-corrected chi connectivity index (χ3v) is 2.07. The SMILES string of the molecule is C[N+](C)(CCCN)CC1CO1.[Cl-]. The molecule has 1 aliphatic rings. The van der Waals surface area contributed by atoms with Crippen molar-refractivity contribution in [3.63, 3.8) is 0 Å². The highest BCUT2D eigenvalue weighted by Gasteiger charge is 2.30. The van der Waals surface area contributed by atoms with Crippen LogP contribution in [0.15, 0.2) is 0 Å². The highest BCUT2D eigenvalue weighted by Crippen LogP contribution is 2.13. The number of epoxide rings is 1. The summed E-state index contributed by atoms with van der Waals surface area (Å²) in [5.41, 5.74) is 5.44. The number of likely N-dealkylation sites (N-methyl/N-ethyl adjacent to an activating group) is 1. The average molecular weight is 195 g/mol. The summed E-state index contributed by atoms with van der Waals surface area (Å²) >= 11 is 0. The molecule has 4 heteroatoms. The molecule has 0 amide bonds. The van der Waals surface area contributed by atoms with E-state index in [0.717, 1.165) is 37.1 Å². The van der Waals surface area contributed by atoms with Gasteiger partial charge in [0, 0.05) is 6.42 Å². The fourth-order valence-corrected chi connectivity index (χ4v) is 1.34. The molecule has 1 aliphatic heterocycles. The molecule has 1 fully saturated rings. The Balaban J connectivity index is 0.00000121. The topological polar surface area (TPSA) is 38.5 Å². The van der Waals surface area contributed by atoms with E-state index >= 15 is 0 Å². The minimum absolute atomic E-state index is 0. The van der Waals surface area contributed by atoms with Crippen molar-refractivity contribution in [2.75, 3.05) is 40.3 Å². The molecule has 0 radical (unpaired) electrons. The summed E-state index contributed by atoms with van der Waals surface area (Å²) in [5.74, 6) is 0. The van der Waals surface area contributed by atoms with Crippen molar-refractivity contribution >= 4 is 0 Å². The van der Waals surface area contributed by atoms with Crippen LogP contribution in [-0.4, -0.2) is 50.9 Å². The smallest absolute Gasteiger partial charge is 0.130 e. The number of ether oxygens (including phenoxy) is 1. The molecule has 12 heavy (non-hydrogen) atoms. The Labute approximate surface area is 80.9 Å². The second-order valence-corrected chi connectivity index (χ2v) is 3.94. The van der Waals surface area contributed by atoms with Crippen LogP contribution in [0.1, 0.15) is 6.42 Å². The third-order valence-electron chi connectivity index (χ3n) is 2.07. The van der Waals surface area contributed by atoms with Crippen LogP contribution in [0.4, 0.5) is 0 Å². The van der Waals surface area contributed by atoms with Crippen molar-refractivity contribution in [2.24, 2.45) is 5.73 Å². The van der Waals surface area contributed by atoms with Crippen LogP contribution in [0, 0.1) is 0 Å². The Morgan fingerprint density at radius 1 is 1.50 bits per heavy atom. The van der Waals surface area contributed by atoms with Crippen LogP contribution in [0.25, 0.3) is 0 Å². The average Bonchev–Trinajstić information content (AvgIpc) is 2.67. The summed E-state index contributed by atoms with van der Waals surface area (Å²) in [7, 11) is 4.47. The molecule has 74 valence electrons. The maximum absolute atomic E-state index is 5.44. The zero-order chi connectivity index (χ0) is 8.32. The fourth-order valence-electron chi connectivity index (χ4n) is 1.34. The summed E-state index contributed by atoms with van der Waals surface area (Å²) in [6, 6.07) is 0. The first kappa shape index (κ1) is 12.2. The molecule has 1 rings (SSSR count). The van der Waals surface area contributed by atoms with E-state index in [9.17, 15) is 0 Å². The molecule has 0 saturated carbocycles. The van der Waals surface area contributed by atoms with Crippen LogP contribution in [-0.2, 0) is 4.74 Å². The predicted octanol–water partition coefficient (Wildman–Crippen LogP) is -3.19. The van der Waals surface area contributed by atoms with Crippen molar-refractivity contribution < 1.29 is 21.6 Å². The zero-order valence-electron chi connectivity index (χ0n) is 7.92. The molecule has 0 aromatic rings. The molecule has 1 saturated heterocycles. The highest BCUT2D eigenvalue weighted by molar-refractivity contribution is 4.67. The van der Waals surface area contributed by atoms with Crippen LogP contribution in [0.2, 0.25) is 0 Å². The van der Waals surface area contributed by atoms with E-state index in [1.54, 1.807) is 0 Å². The van der Waals surface area contributed by atoms with Gasteiger partial charge in [-0.3, -0.25) is 0 Å². The number of rotatable bonds is 5. The second-order valence-electron chi connectivity index (χ2n) is 3.94. The van der Waals surface area contributed by atoms with Gasteiger partial charge in [-0.2, -0.15) is 0 Å². The van der Waals surface area contributed by atoms with Crippen LogP contribution in [0.5, 0.6) is 0 Å². The van der Waals surface area contributed by atoms with Gasteiger partial charge in [0.25, 0.3) is 0 Å². The lowest BCUT2D eigenvalue weighted by atomic mass is 10.3. The molecule has 0 aromatic carbocycles. The second kappa shape index (κ2) is 5.02. The van der Waals surface area contributed by atoms with Gasteiger partial charge in [0.1, 0.15) is 12.6 Å². The van der Waals surface area contributed by atoms with Gasteiger partial charge < -0.3 is 27.4 Å². The first-order chi connectivity index (χ1) is 5.14. The van der Waals surface area contributed by atoms with Crippen molar-refractivity contribution in [3.8, 4) is 0 Å². The molecule has 1 unspecified atom stereocenters. The summed E-state index contributed by atoms with van der Waals surface area (Å²) in [5, 5.41) is 0. The van der Waals surface area contributed by atoms with Gasteiger partial charge >= 0.3 is 0 Å². The minimum Gasteiger partial charge on any atom is -1.00 e. The van der Waals surface area contributed by atoms with E-state index in [1.807, 2.05) is 0 Å². The summed E-state index contributed by atoms with van der Waals surface area (Å²) in [4.78, 5) is 0. The molecule has 0 aliphatic carbocycles. The number of nitrogens with zero attached hydrogens (tertiary/aromatic N) is 1. The van der Waals surface area contributed by atoms with E-state index in [4.69, 9.17) is 10.5 Å². The molecule has 0 bridgehead atoms. The van der Waals surface area contributed by atoms with E-state index < -0.39 is 0 Å². The Kier molecular flexibility index (Phi) is 5.09. The highest BCUT2D eigenvalue weighted by atomic mass is 35.5. The van der Waals surface area contributed by atoms with Crippen molar-refractivity contribution in [1.29, 1.82) is 0 Å². The van der Waals surface area contributed by atoms with Gasteiger partial charge in [-0.25, -0.2) is 0 Å². The first-order valence-electron chi connectivity index (χ1n) is 4.28. The first-order valence-corrected chi connectivity index (χ1v) is 4.28. The Morgan fingerprint density at radius 3 is 2.50 bits per heavy atom. The van der Waals surface area contributed by atoms with Crippen molar-refractivity contribution in [1.82, 2.24) is 0 Å². The molecular weight excluding hydrogens is 176 g/mol. The number of halogens is 1. The van der Waals surface area contributed by atoms with Crippen LogP contribution in [0.3, 0.4) is 0 Å². The number of hydrogen-bond acceptors (Lipinski definition) is 2. The van der Waals surface area contributed by atoms with Crippen molar-refractivity contribution in [3.05, 3.63) is 0 Å². The fraction of sp³-hybridized carbons (Fsp3) is 1.00. The maximum atomic E-state index is 5.44. The standard InChI is InChI=1S/C8H19N2O.ClH/c1-10(2,5-3-4-9)6-8-7-11-8;/h8H,3-7,9H2,1-2H3;1H/q+1;/p-1. The van der Waals surface area contributed by atoms with Gasteiger partial charge in [0.2, 0.25) is 0 Å². The van der Waals surface area contributed by atoms with Gasteiger partial charge in [0.05, 0.1) is 27.2 Å². The molecular formula is C8H19ClN2O. The molecule has 0 spiro atoms. The van der Waals surface area contributed by atoms with E-state index in [1.165, 1.54) is 0 Å². The largest absolute Gasteiger partial charge is 1.00 e. The molecule has 1 atom stereocenters. The van der Waals surface area contributed by atoms with E-state index in [2.05, 4.69) is 14.1 Å². The zero-order valence-corrected chi connectivity index (χ0v) is 8.68. The Hall–Kier alpha value is 0.170.